The van der Waals surface area contributed by atoms with E-state index in [2.05, 4.69) is 32.9 Å². The van der Waals surface area contributed by atoms with Crippen molar-refractivity contribution in [2.24, 2.45) is 5.73 Å². The first kappa shape index (κ1) is 18.5. The monoisotopic (exact) mass is 337 g/mol. The maximum Gasteiger partial charge on any atom is 0.255 e. The van der Waals surface area contributed by atoms with Gasteiger partial charge >= 0.3 is 0 Å². The van der Waals surface area contributed by atoms with Gasteiger partial charge in [0.2, 0.25) is 0 Å². The summed E-state index contributed by atoms with van der Waals surface area (Å²) < 4.78 is 5.22. The summed E-state index contributed by atoms with van der Waals surface area (Å²) in [6.45, 7) is 6.27. The summed E-state index contributed by atoms with van der Waals surface area (Å²) in [5, 5.41) is 0. The van der Waals surface area contributed by atoms with Gasteiger partial charge < -0.3 is 10.5 Å². The Morgan fingerprint density at radius 2 is 1.76 bits per heavy atom. The van der Waals surface area contributed by atoms with Crippen LogP contribution in [0.1, 0.15) is 42.3 Å². The number of amides is 1. The van der Waals surface area contributed by atoms with Gasteiger partial charge in [-0.05, 0) is 34.8 Å². The van der Waals surface area contributed by atoms with Crippen LogP contribution in [0, 0.1) is 0 Å². The zero-order valence-electron chi connectivity index (χ0n) is 14.8. The first-order valence-electron chi connectivity index (χ1n) is 8.10. The minimum Gasteiger partial charge on any atom is -0.484 e. The van der Waals surface area contributed by atoms with E-state index in [1.165, 1.54) is 11.6 Å². The second kappa shape index (κ2) is 7.79. The molecule has 25 heavy (non-hydrogen) atoms. The standard InChI is InChI=1S/C21H23NO3/c1-21(2,3)17-10-7-15(8-11-17)9-12-19(23)16-5-4-6-18(13-16)25-14-20(22)24/h4-13H,14H2,1-3H3,(H2,22,24)/b12-9+. The lowest BCUT2D eigenvalue weighted by Crippen LogP contribution is -2.20. The summed E-state index contributed by atoms with van der Waals surface area (Å²) in [4.78, 5) is 23.1. The summed E-state index contributed by atoms with van der Waals surface area (Å²) in [6.07, 6.45) is 3.31. The number of hydrogen-bond acceptors (Lipinski definition) is 3. The molecule has 0 saturated carbocycles. The van der Waals surface area contributed by atoms with Crippen LogP contribution in [0.25, 0.3) is 6.08 Å². The third-order valence-corrected chi connectivity index (χ3v) is 3.70. The van der Waals surface area contributed by atoms with Crippen molar-refractivity contribution >= 4 is 17.8 Å². The number of carbonyl (C=O) groups is 2. The molecule has 0 heterocycles. The lowest BCUT2D eigenvalue weighted by Gasteiger charge is -2.18. The van der Waals surface area contributed by atoms with Gasteiger partial charge in [-0.25, -0.2) is 0 Å². The first-order valence-corrected chi connectivity index (χ1v) is 8.10. The van der Waals surface area contributed by atoms with E-state index in [0.717, 1.165) is 5.56 Å². The van der Waals surface area contributed by atoms with E-state index in [4.69, 9.17) is 10.5 Å². The van der Waals surface area contributed by atoms with Crippen molar-refractivity contribution in [2.75, 3.05) is 6.61 Å². The van der Waals surface area contributed by atoms with Gasteiger partial charge in [0.1, 0.15) is 5.75 Å². The quantitative estimate of drug-likeness (QED) is 0.645. The van der Waals surface area contributed by atoms with Gasteiger partial charge in [0, 0.05) is 5.56 Å². The smallest absolute Gasteiger partial charge is 0.255 e. The van der Waals surface area contributed by atoms with E-state index in [1.807, 2.05) is 12.1 Å². The van der Waals surface area contributed by atoms with Crippen LogP contribution >= 0.6 is 0 Å². The Labute approximate surface area is 148 Å². The minimum absolute atomic E-state index is 0.101. The topological polar surface area (TPSA) is 69.4 Å². The second-order valence-corrected chi connectivity index (χ2v) is 6.85. The predicted molar refractivity (Wildman–Crippen MR) is 99.6 cm³/mol. The van der Waals surface area contributed by atoms with Gasteiger partial charge in [-0.1, -0.05) is 63.2 Å². The average molecular weight is 337 g/mol. The van der Waals surface area contributed by atoms with Crippen molar-refractivity contribution in [1.82, 2.24) is 0 Å². The summed E-state index contributed by atoms with van der Waals surface area (Å²) >= 11 is 0. The fraction of sp³-hybridized carbons (Fsp3) is 0.238. The summed E-state index contributed by atoms with van der Waals surface area (Å²) in [5.74, 6) is -0.257. The molecule has 2 aromatic carbocycles. The molecule has 0 aliphatic rings. The molecule has 0 aromatic heterocycles. The molecule has 0 aliphatic heterocycles. The Kier molecular flexibility index (Phi) is 5.75. The Morgan fingerprint density at radius 1 is 1.08 bits per heavy atom. The van der Waals surface area contributed by atoms with Crippen LogP contribution < -0.4 is 10.5 Å². The molecule has 0 atom stereocenters. The third kappa shape index (κ3) is 5.60. The number of ketones is 1. The Bertz CT molecular complexity index is 784. The van der Waals surface area contributed by atoms with Crippen LogP contribution in [0.15, 0.2) is 54.6 Å². The molecule has 1 amide bonds. The molecule has 4 heteroatoms. The molecule has 0 fully saturated rings. The van der Waals surface area contributed by atoms with E-state index < -0.39 is 5.91 Å². The highest BCUT2D eigenvalue weighted by atomic mass is 16.5. The van der Waals surface area contributed by atoms with E-state index in [-0.39, 0.29) is 17.8 Å². The van der Waals surface area contributed by atoms with Crippen molar-refractivity contribution in [3.8, 4) is 5.75 Å². The van der Waals surface area contributed by atoms with E-state index in [0.29, 0.717) is 11.3 Å². The highest BCUT2D eigenvalue weighted by Gasteiger charge is 2.12. The van der Waals surface area contributed by atoms with E-state index in [1.54, 1.807) is 30.3 Å². The number of hydrogen-bond donors (Lipinski definition) is 1. The van der Waals surface area contributed by atoms with Gasteiger partial charge in [0.25, 0.3) is 5.91 Å². The fourth-order valence-electron chi connectivity index (χ4n) is 2.26. The number of ether oxygens (including phenoxy) is 1. The Hall–Kier alpha value is -2.88. The van der Waals surface area contributed by atoms with Crippen molar-refractivity contribution in [3.63, 3.8) is 0 Å². The van der Waals surface area contributed by atoms with Crippen molar-refractivity contribution < 1.29 is 14.3 Å². The lowest BCUT2D eigenvalue weighted by atomic mass is 9.87. The fourth-order valence-corrected chi connectivity index (χ4v) is 2.26. The van der Waals surface area contributed by atoms with Crippen LogP contribution in [0.5, 0.6) is 5.75 Å². The van der Waals surface area contributed by atoms with Crippen LogP contribution in [0.2, 0.25) is 0 Å². The van der Waals surface area contributed by atoms with Crippen LogP contribution in [-0.2, 0) is 10.2 Å². The van der Waals surface area contributed by atoms with Crippen molar-refractivity contribution in [1.29, 1.82) is 0 Å². The molecule has 2 N–H and O–H groups in total. The number of carbonyl (C=O) groups excluding carboxylic acids is 2. The minimum atomic E-state index is -0.560. The Balaban J connectivity index is 2.07. The van der Waals surface area contributed by atoms with Crippen molar-refractivity contribution in [3.05, 3.63) is 71.3 Å². The molecule has 0 bridgehead atoms. The van der Waals surface area contributed by atoms with Crippen LogP contribution in [0.3, 0.4) is 0 Å². The molecule has 130 valence electrons. The van der Waals surface area contributed by atoms with Gasteiger partial charge in [-0.3, -0.25) is 9.59 Å². The van der Waals surface area contributed by atoms with Crippen molar-refractivity contribution in [2.45, 2.75) is 26.2 Å². The van der Waals surface area contributed by atoms with E-state index in [9.17, 15) is 9.59 Å². The maximum atomic E-state index is 12.3. The van der Waals surface area contributed by atoms with Crippen LogP contribution in [-0.4, -0.2) is 18.3 Å². The molecule has 0 saturated heterocycles. The van der Waals surface area contributed by atoms with Crippen LogP contribution in [0.4, 0.5) is 0 Å². The molecular weight excluding hydrogens is 314 g/mol. The molecular formula is C21H23NO3. The largest absolute Gasteiger partial charge is 0.484 e. The number of allylic oxidation sites excluding steroid dienone is 1. The molecule has 0 unspecified atom stereocenters. The molecule has 2 rings (SSSR count). The van der Waals surface area contributed by atoms with Gasteiger partial charge in [0.15, 0.2) is 12.4 Å². The maximum absolute atomic E-state index is 12.3. The molecule has 0 aliphatic carbocycles. The molecule has 0 radical (unpaired) electrons. The lowest BCUT2D eigenvalue weighted by molar-refractivity contribution is -0.119. The van der Waals surface area contributed by atoms with Gasteiger partial charge in [0.05, 0.1) is 0 Å². The number of benzene rings is 2. The zero-order valence-corrected chi connectivity index (χ0v) is 14.8. The Morgan fingerprint density at radius 3 is 2.36 bits per heavy atom. The average Bonchev–Trinajstić information content (AvgIpc) is 2.57. The third-order valence-electron chi connectivity index (χ3n) is 3.70. The highest BCUT2D eigenvalue weighted by molar-refractivity contribution is 6.07. The second-order valence-electron chi connectivity index (χ2n) is 6.85. The van der Waals surface area contributed by atoms with Gasteiger partial charge in [-0.15, -0.1) is 0 Å². The summed E-state index contributed by atoms with van der Waals surface area (Å²) in [5.41, 5.74) is 7.84. The normalized spacial score (nSPS) is 11.5. The SMILES string of the molecule is CC(C)(C)c1ccc(/C=C/C(=O)c2cccc(OCC(N)=O)c2)cc1. The summed E-state index contributed by atoms with van der Waals surface area (Å²) in [6, 6.07) is 14.8. The first-order chi connectivity index (χ1) is 11.8. The molecule has 0 spiro atoms. The molecule has 4 nitrogen and oxygen atoms in total. The highest BCUT2D eigenvalue weighted by Crippen LogP contribution is 2.22. The molecule has 2 aromatic rings. The number of primary amides is 1. The predicted octanol–water partition coefficient (Wildman–Crippen LogP) is 3.74. The number of rotatable bonds is 6. The summed E-state index contributed by atoms with van der Waals surface area (Å²) in [7, 11) is 0. The number of nitrogens with two attached hydrogens (primary N) is 1. The zero-order chi connectivity index (χ0) is 18.4. The van der Waals surface area contributed by atoms with Gasteiger partial charge in [-0.2, -0.15) is 0 Å². The van der Waals surface area contributed by atoms with E-state index >= 15 is 0 Å².